The van der Waals surface area contributed by atoms with E-state index in [1.165, 1.54) is 0 Å². The first kappa shape index (κ1) is 9.06. The van der Waals surface area contributed by atoms with Crippen LogP contribution in [0.4, 0.5) is 5.69 Å². The number of ether oxygens (including phenoxy) is 1. The summed E-state index contributed by atoms with van der Waals surface area (Å²) in [6.45, 7) is 0. The number of Topliss-reactive ketones (excluding diaryl/α,β-unsaturated/α-hetero) is 1. The third kappa shape index (κ3) is 1.35. The average molecular weight is 191 g/mol. The molecule has 2 rings (SSSR count). The Morgan fingerprint density at radius 3 is 2.86 bits per heavy atom. The molecule has 74 valence electrons. The Kier molecular flexibility index (Phi) is 2.15. The average Bonchev–Trinajstić information content (AvgIpc) is 2.17. The van der Waals surface area contributed by atoms with Crippen LogP contribution in [-0.2, 0) is 6.42 Å². The number of ketones is 1. The molecule has 1 aliphatic carbocycles. The van der Waals surface area contributed by atoms with Gasteiger partial charge in [0, 0.05) is 23.7 Å². The van der Waals surface area contributed by atoms with Crippen molar-refractivity contribution in [2.75, 3.05) is 12.8 Å². The van der Waals surface area contributed by atoms with E-state index in [1.54, 1.807) is 13.2 Å². The fourth-order valence-corrected chi connectivity index (χ4v) is 1.92. The highest BCUT2D eigenvalue weighted by molar-refractivity contribution is 6.03. The number of hydrogen-bond acceptors (Lipinski definition) is 3. The molecule has 0 atom stereocenters. The monoisotopic (exact) mass is 191 g/mol. The number of nitrogens with two attached hydrogens (primary N) is 1. The van der Waals surface area contributed by atoms with E-state index < -0.39 is 0 Å². The maximum atomic E-state index is 11.6. The number of methoxy groups -OCH3 is 1. The largest absolute Gasteiger partial charge is 0.497 e. The minimum Gasteiger partial charge on any atom is -0.497 e. The minimum absolute atomic E-state index is 0.159. The summed E-state index contributed by atoms with van der Waals surface area (Å²) in [6.07, 6.45) is 2.45. The van der Waals surface area contributed by atoms with Gasteiger partial charge < -0.3 is 10.5 Å². The van der Waals surface area contributed by atoms with Gasteiger partial charge in [-0.15, -0.1) is 0 Å². The van der Waals surface area contributed by atoms with Gasteiger partial charge in [0.15, 0.2) is 5.78 Å². The van der Waals surface area contributed by atoms with E-state index in [0.29, 0.717) is 17.7 Å². The molecule has 0 radical (unpaired) electrons. The summed E-state index contributed by atoms with van der Waals surface area (Å²) >= 11 is 0. The summed E-state index contributed by atoms with van der Waals surface area (Å²) in [5.41, 5.74) is 8.08. The van der Waals surface area contributed by atoms with Crippen LogP contribution in [0, 0.1) is 0 Å². The molecule has 0 aromatic heterocycles. The number of benzene rings is 1. The molecule has 2 N–H and O–H groups in total. The summed E-state index contributed by atoms with van der Waals surface area (Å²) in [5.74, 6) is 0.891. The minimum atomic E-state index is 0.159. The molecule has 1 aromatic rings. The van der Waals surface area contributed by atoms with Crippen LogP contribution < -0.4 is 10.5 Å². The van der Waals surface area contributed by atoms with Gasteiger partial charge in [0.2, 0.25) is 0 Å². The van der Waals surface area contributed by atoms with Crippen molar-refractivity contribution in [3.05, 3.63) is 23.3 Å². The van der Waals surface area contributed by atoms with Crippen molar-refractivity contribution in [3.63, 3.8) is 0 Å². The number of hydrogen-bond donors (Lipinski definition) is 1. The van der Waals surface area contributed by atoms with Gasteiger partial charge in [-0.1, -0.05) is 0 Å². The number of aryl methyl sites for hydroxylation is 1. The van der Waals surface area contributed by atoms with Gasteiger partial charge in [0.25, 0.3) is 0 Å². The van der Waals surface area contributed by atoms with Crippen molar-refractivity contribution >= 4 is 11.5 Å². The van der Waals surface area contributed by atoms with E-state index in [0.717, 1.165) is 24.2 Å². The molecular formula is C11H13NO2. The lowest BCUT2D eigenvalue weighted by Crippen LogP contribution is -2.13. The van der Waals surface area contributed by atoms with Crippen molar-refractivity contribution in [3.8, 4) is 5.75 Å². The molecule has 1 aromatic carbocycles. The van der Waals surface area contributed by atoms with Crippen LogP contribution in [-0.4, -0.2) is 12.9 Å². The van der Waals surface area contributed by atoms with Crippen molar-refractivity contribution in [1.29, 1.82) is 0 Å². The first-order chi connectivity index (χ1) is 6.72. The van der Waals surface area contributed by atoms with Gasteiger partial charge in [-0.25, -0.2) is 0 Å². The Morgan fingerprint density at radius 1 is 1.36 bits per heavy atom. The molecule has 0 amide bonds. The maximum Gasteiger partial charge on any atom is 0.165 e. The van der Waals surface area contributed by atoms with Crippen molar-refractivity contribution in [2.45, 2.75) is 19.3 Å². The fourth-order valence-electron chi connectivity index (χ4n) is 1.92. The smallest absolute Gasteiger partial charge is 0.165 e. The van der Waals surface area contributed by atoms with Gasteiger partial charge >= 0.3 is 0 Å². The predicted molar refractivity (Wildman–Crippen MR) is 54.7 cm³/mol. The number of carbonyl (C=O) groups is 1. The third-order valence-electron chi connectivity index (χ3n) is 2.59. The van der Waals surface area contributed by atoms with Crippen LogP contribution >= 0.6 is 0 Å². The number of carbonyl (C=O) groups excluding carboxylic acids is 1. The first-order valence-corrected chi connectivity index (χ1v) is 4.72. The Balaban J connectivity index is 2.56. The summed E-state index contributed by atoms with van der Waals surface area (Å²) in [4.78, 5) is 11.6. The maximum absolute atomic E-state index is 11.6. The van der Waals surface area contributed by atoms with Crippen molar-refractivity contribution in [2.24, 2.45) is 0 Å². The molecule has 0 aliphatic heterocycles. The lowest BCUT2D eigenvalue weighted by molar-refractivity contribution is 0.0973. The Hall–Kier alpha value is -1.51. The number of anilines is 1. The zero-order valence-electron chi connectivity index (χ0n) is 8.17. The van der Waals surface area contributed by atoms with Gasteiger partial charge in [0.1, 0.15) is 5.75 Å². The molecule has 0 unspecified atom stereocenters. The standard InChI is InChI=1S/C11H13NO2/c1-14-8-5-7-3-2-4-10(13)11(7)9(12)6-8/h5-6H,2-4,12H2,1H3. The second-order valence-electron chi connectivity index (χ2n) is 3.53. The van der Waals surface area contributed by atoms with E-state index in [1.807, 2.05) is 6.07 Å². The fraction of sp³-hybridized carbons (Fsp3) is 0.364. The topological polar surface area (TPSA) is 52.3 Å². The van der Waals surface area contributed by atoms with Crippen LogP contribution in [0.25, 0.3) is 0 Å². The predicted octanol–water partition coefficient (Wildman–Crippen LogP) is 1.80. The van der Waals surface area contributed by atoms with Crippen LogP contribution in [0.2, 0.25) is 0 Å². The second-order valence-corrected chi connectivity index (χ2v) is 3.53. The molecule has 1 aliphatic rings. The molecule has 0 saturated carbocycles. The highest BCUT2D eigenvalue weighted by atomic mass is 16.5. The molecule has 0 fully saturated rings. The van der Waals surface area contributed by atoms with E-state index in [2.05, 4.69) is 0 Å². The SMILES string of the molecule is COc1cc(N)c2c(c1)CCCC2=O. The summed E-state index contributed by atoms with van der Waals surface area (Å²) in [6, 6.07) is 3.62. The highest BCUT2D eigenvalue weighted by Gasteiger charge is 2.20. The Labute approximate surface area is 82.9 Å². The molecule has 14 heavy (non-hydrogen) atoms. The number of rotatable bonds is 1. The van der Waals surface area contributed by atoms with E-state index >= 15 is 0 Å². The van der Waals surface area contributed by atoms with Crippen LogP contribution in [0.5, 0.6) is 5.75 Å². The Morgan fingerprint density at radius 2 is 2.14 bits per heavy atom. The zero-order valence-corrected chi connectivity index (χ0v) is 8.17. The van der Waals surface area contributed by atoms with Gasteiger partial charge in [-0.3, -0.25) is 4.79 Å². The quantitative estimate of drug-likeness (QED) is 0.688. The zero-order chi connectivity index (χ0) is 10.1. The second kappa shape index (κ2) is 3.33. The van der Waals surface area contributed by atoms with E-state index in [4.69, 9.17) is 10.5 Å². The Bertz CT molecular complexity index is 385. The molecule has 0 spiro atoms. The first-order valence-electron chi connectivity index (χ1n) is 4.72. The van der Waals surface area contributed by atoms with E-state index in [9.17, 15) is 4.79 Å². The van der Waals surface area contributed by atoms with Crippen LogP contribution in [0.1, 0.15) is 28.8 Å². The van der Waals surface area contributed by atoms with Crippen molar-refractivity contribution in [1.82, 2.24) is 0 Å². The summed E-state index contributed by atoms with van der Waals surface area (Å²) < 4.78 is 5.11. The summed E-state index contributed by atoms with van der Waals surface area (Å²) in [5, 5.41) is 0. The lowest BCUT2D eigenvalue weighted by Gasteiger charge is -2.17. The van der Waals surface area contributed by atoms with Crippen molar-refractivity contribution < 1.29 is 9.53 Å². The number of nitrogen functional groups attached to an aromatic ring is 1. The molecular weight excluding hydrogens is 178 g/mol. The summed E-state index contributed by atoms with van der Waals surface area (Å²) in [7, 11) is 1.60. The molecule has 0 heterocycles. The van der Waals surface area contributed by atoms with Crippen LogP contribution in [0.3, 0.4) is 0 Å². The van der Waals surface area contributed by atoms with Crippen LogP contribution in [0.15, 0.2) is 12.1 Å². The molecule has 0 bridgehead atoms. The van der Waals surface area contributed by atoms with Gasteiger partial charge in [-0.2, -0.15) is 0 Å². The van der Waals surface area contributed by atoms with Gasteiger partial charge in [0.05, 0.1) is 7.11 Å². The highest BCUT2D eigenvalue weighted by Crippen LogP contribution is 2.30. The third-order valence-corrected chi connectivity index (χ3v) is 2.59. The molecule has 3 heteroatoms. The number of fused-ring (bicyclic) bond motifs is 1. The van der Waals surface area contributed by atoms with Gasteiger partial charge in [-0.05, 0) is 24.5 Å². The normalized spacial score (nSPS) is 15.1. The van der Waals surface area contributed by atoms with E-state index in [-0.39, 0.29) is 5.78 Å². The lowest BCUT2D eigenvalue weighted by atomic mass is 9.89. The molecule has 3 nitrogen and oxygen atoms in total. The molecule has 0 saturated heterocycles.